The molecule has 2 nitrogen and oxygen atoms in total. The van der Waals surface area contributed by atoms with E-state index in [1.54, 1.807) is 0 Å². The molecule has 0 fully saturated rings. The number of rotatable bonds is 2. The van der Waals surface area contributed by atoms with E-state index in [9.17, 15) is 4.79 Å². The van der Waals surface area contributed by atoms with Gasteiger partial charge in [-0.15, -0.1) is 0 Å². The van der Waals surface area contributed by atoms with E-state index < -0.39 is 0 Å². The van der Waals surface area contributed by atoms with E-state index in [1.165, 1.54) is 7.11 Å². The number of fused-ring (bicyclic) bond motifs is 1. The van der Waals surface area contributed by atoms with E-state index in [2.05, 4.69) is 4.74 Å². The van der Waals surface area contributed by atoms with Crippen LogP contribution < -0.4 is 0 Å². The van der Waals surface area contributed by atoms with E-state index in [0.717, 1.165) is 16.3 Å². The van der Waals surface area contributed by atoms with Crippen LogP contribution in [0, 0.1) is 0 Å². The van der Waals surface area contributed by atoms with Gasteiger partial charge < -0.3 is 4.74 Å². The summed E-state index contributed by atoms with van der Waals surface area (Å²) in [5, 5.41) is 2.27. The number of carbonyl (C=O) groups is 1. The third-order valence-corrected chi connectivity index (χ3v) is 2.44. The normalized spacial score (nSPS) is 9.56. The Morgan fingerprint density at radius 3 is 2.56 bits per heavy atom. The van der Waals surface area contributed by atoms with Gasteiger partial charge in [0.05, 0.1) is 13.5 Å². The molecule has 2 aromatic rings. The van der Waals surface area contributed by atoms with Gasteiger partial charge in [-0.3, -0.25) is 4.79 Å². The van der Waals surface area contributed by atoms with E-state index in [0.29, 0.717) is 6.42 Å². The molecule has 16 heavy (non-hydrogen) atoms. The van der Waals surface area contributed by atoms with Crippen molar-refractivity contribution in [3.05, 3.63) is 48.0 Å². The summed E-state index contributed by atoms with van der Waals surface area (Å²) in [6.45, 7) is 0. The van der Waals surface area contributed by atoms with Gasteiger partial charge in [0.1, 0.15) is 0 Å². The van der Waals surface area contributed by atoms with Crippen molar-refractivity contribution in [2.24, 2.45) is 0 Å². The number of esters is 1. The molecular weight excluding hydrogens is 227 g/mol. The monoisotopic (exact) mass is 240 g/mol. The van der Waals surface area contributed by atoms with Crippen LogP contribution in [0.5, 0.6) is 0 Å². The molecule has 0 saturated heterocycles. The van der Waals surface area contributed by atoms with Gasteiger partial charge in [0, 0.05) is 0 Å². The maximum absolute atomic E-state index is 11.2. The Morgan fingerprint density at radius 2 is 1.81 bits per heavy atom. The van der Waals surface area contributed by atoms with Crippen molar-refractivity contribution < 1.29 is 9.53 Å². The Hall–Kier alpha value is -0.194. The summed E-state index contributed by atoms with van der Waals surface area (Å²) in [5.41, 5.74) is 1.01. The molecule has 0 amide bonds. The Labute approximate surface area is 137 Å². The molecule has 0 unspecified atom stereocenters. The van der Waals surface area contributed by atoms with Gasteiger partial charge in [-0.25, -0.2) is 0 Å². The molecule has 0 aliphatic rings. The molecule has 2 aromatic carbocycles. The van der Waals surface area contributed by atoms with Crippen LogP contribution in [0.2, 0.25) is 0 Å². The van der Waals surface area contributed by atoms with E-state index in [1.807, 2.05) is 42.5 Å². The summed E-state index contributed by atoms with van der Waals surface area (Å²) in [5.74, 6) is -0.202. The van der Waals surface area contributed by atoms with Crippen molar-refractivity contribution in [1.82, 2.24) is 0 Å². The molecule has 0 radical (unpaired) electrons. The summed E-state index contributed by atoms with van der Waals surface area (Å²) >= 11 is 0. The Kier molecular flexibility index (Phi) is 5.65. The Bertz CT molecular complexity index is 489. The van der Waals surface area contributed by atoms with Crippen LogP contribution >= 0.6 is 0 Å². The second-order valence-electron chi connectivity index (χ2n) is 3.39. The number of carbonyl (C=O) groups excluding carboxylic acids is 1. The van der Waals surface area contributed by atoms with Gasteiger partial charge >= 0.3 is 57.4 Å². The van der Waals surface area contributed by atoms with Crippen LogP contribution in [0.4, 0.5) is 0 Å². The average molecular weight is 240 g/mol. The van der Waals surface area contributed by atoms with Crippen molar-refractivity contribution in [1.29, 1.82) is 0 Å². The maximum atomic E-state index is 11.2. The first-order valence-corrected chi connectivity index (χ1v) is 4.84. The minimum absolute atomic E-state index is 0. The van der Waals surface area contributed by atoms with Gasteiger partial charge in [0.25, 0.3) is 0 Å². The van der Waals surface area contributed by atoms with Crippen molar-refractivity contribution in [3.63, 3.8) is 0 Å². The third-order valence-electron chi connectivity index (χ3n) is 2.44. The quantitative estimate of drug-likeness (QED) is 0.592. The van der Waals surface area contributed by atoms with Crippen LogP contribution in [0.3, 0.4) is 0 Å². The fraction of sp³-hybridized carbons (Fsp3) is 0.154. The molecule has 3 heteroatoms. The predicted molar refractivity (Wildman–Crippen MR) is 66.8 cm³/mol. The third kappa shape index (κ3) is 3.15. The first kappa shape index (κ1) is 13.9. The van der Waals surface area contributed by atoms with Gasteiger partial charge in [-0.05, 0) is 16.3 Å². The minimum atomic E-state index is -0.202. The van der Waals surface area contributed by atoms with Gasteiger partial charge in [-0.2, -0.15) is 0 Å². The molecular formula is C13H13KO2. The summed E-state index contributed by atoms with van der Waals surface area (Å²) in [4.78, 5) is 11.2. The summed E-state index contributed by atoms with van der Waals surface area (Å²) < 4.78 is 4.66. The van der Waals surface area contributed by atoms with Crippen molar-refractivity contribution in [3.8, 4) is 0 Å². The molecule has 78 valence electrons. The number of ether oxygens (including phenoxy) is 1. The molecule has 0 aromatic heterocycles. The fourth-order valence-electron chi connectivity index (χ4n) is 1.67. The topological polar surface area (TPSA) is 26.3 Å². The fourth-order valence-corrected chi connectivity index (χ4v) is 1.67. The Balaban J connectivity index is 0.00000128. The molecule has 0 bridgehead atoms. The molecule has 0 heterocycles. The predicted octanol–water partition coefficient (Wildman–Crippen LogP) is 1.91. The summed E-state index contributed by atoms with van der Waals surface area (Å²) in [6, 6.07) is 14.0. The molecule has 0 spiro atoms. The van der Waals surface area contributed by atoms with E-state index in [-0.39, 0.29) is 57.4 Å². The van der Waals surface area contributed by atoms with Crippen LogP contribution in [0.1, 0.15) is 5.56 Å². The molecule has 0 aliphatic heterocycles. The van der Waals surface area contributed by atoms with Crippen LogP contribution in [-0.4, -0.2) is 64.5 Å². The van der Waals surface area contributed by atoms with Crippen LogP contribution in [-0.2, 0) is 16.0 Å². The second kappa shape index (κ2) is 6.52. The van der Waals surface area contributed by atoms with Crippen molar-refractivity contribution >= 4 is 68.1 Å². The zero-order chi connectivity index (χ0) is 10.7. The first-order chi connectivity index (χ1) is 7.31. The molecule has 0 saturated carbocycles. The number of hydrogen-bond acceptors (Lipinski definition) is 2. The van der Waals surface area contributed by atoms with Crippen molar-refractivity contribution in [2.75, 3.05) is 7.11 Å². The molecule has 0 atom stereocenters. The van der Waals surface area contributed by atoms with Gasteiger partial charge in [-0.1, -0.05) is 42.5 Å². The second-order valence-corrected chi connectivity index (χ2v) is 3.39. The standard InChI is InChI=1S/C13H12O2.K.H/c1-15-13(14)9-11-7-4-6-10-5-2-3-8-12(10)11;;/h2-8H,9H2,1H3;;. The van der Waals surface area contributed by atoms with Crippen molar-refractivity contribution in [2.45, 2.75) is 6.42 Å². The average Bonchev–Trinajstić information content (AvgIpc) is 2.29. The first-order valence-electron chi connectivity index (χ1n) is 4.84. The SMILES string of the molecule is COC(=O)Cc1cccc2ccccc12.[KH]. The van der Waals surface area contributed by atoms with Crippen LogP contribution in [0.25, 0.3) is 10.8 Å². The number of benzene rings is 2. The summed E-state index contributed by atoms with van der Waals surface area (Å²) in [6.07, 6.45) is 0.331. The van der Waals surface area contributed by atoms with E-state index in [4.69, 9.17) is 0 Å². The van der Waals surface area contributed by atoms with Crippen LogP contribution in [0.15, 0.2) is 42.5 Å². The van der Waals surface area contributed by atoms with Gasteiger partial charge in [0.2, 0.25) is 0 Å². The summed E-state index contributed by atoms with van der Waals surface area (Å²) in [7, 11) is 1.41. The molecule has 2 rings (SSSR count). The number of methoxy groups -OCH3 is 1. The zero-order valence-electron chi connectivity index (χ0n) is 8.57. The van der Waals surface area contributed by atoms with E-state index >= 15 is 0 Å². The zero-order valence-corrected chi connectivity index (χ0v) is 8.57. The molecule has 0 N–H and O–H groups in total. The number of hydrogen-bond donors (Lipinski definition) is 0. The van der Waals surface area contributed by atoms with Gasteiger partial charge in [0.15, 0.2) is 0 Å². The Morgan fingerprint density at radius 1 is 1.12 bits per heavy atom. The molecule has 0 aliphatic carbocycles.